The first-order valence-electron chi connectivity index (χ1n) is 5.34. The van der Waals surface area contributed by atoms with Crippen LogP contribution in [0.3, 0.4) is 0 Å². The number of hydrogen-bond donors (Lipinski definition) is 1. The minimum atomic E-state index is 0.575. The number of aryl methyl sites for hydroxylation is 1. The maximum atomic E-state index is 8.79. The predicted octanol–water partition coefficient (Wildman–Crippen LogP) is 4.00. The summed E-state index contributed by atoms with van der Waals surface area (Å²) in [6.07, 6.45) is 0. The first-order chi connectivity index (χ1) is 8.61. The molecule has 18 heavy (non-hydrogen) atoms. The molecule has 0 bridgehead atoms. The SMILES string of the molecule is Cc1cccc(Oc2ccc(C#N)cc2Br)c1N. The van der Waals surface area contributed by atoms with Crippen molar-refractivity contribution in [3.05, 3.63) is 52.0 Å². The zero-order valence-electron chi connectivity index (χ0n) is 9.77. The fourth-order valence-electron chi connectivity index (χ4n) is 1.51. The van der Waals surface area contributed by atoms with Gasteiger partial charge in [0, 0.05) is 0 Å². The number of nitrogens with zero attached hydrogens (tertiary/aromatic N) is 1. The Morgan fingerprint density at radius 1 is 1.22 bits per heavy atom. The fraction of sp³-hybridized carbons (Fsp3) is 0.0714. The van der Waals surface area contributed by atoms with Crippen LogP contribution in [-0.4, -0.2) is 0 Å². The Hall–Kier alpha value is -1.99. The van der Waals surface area contributed by atoms with Crippen LogP contribution >= 0.6 is 15.9 Å². The van der Waals surface area contributed by atoms with Gasteiger partial charge in [0.05, 0.1) is 21.8 Å². The smallest absolute Gasteiger partial charge is 0.150 e. The third kappa shape index (κ3) is 2.47. The van der Waals surface area contributed by atoms with E-state index < -0.39 is 0 Å². The van der Waals surface area contributed by atoms with Crippen molar-refractivity contribution in [1.82, 2.24) is 0 Å². The Kier molecular flexibility index (Phi) is 3.54. The topological polar surface area (TPSA) is 59.0 Å². The molecule has 2 aromatic carbocycles. The third-order valence-electron chi connectivity index (χ3n) is 2.57. The van der Waals surface area contributed by atoms with E-state index in [0.29, 0.717) is 22.7 Å². The van der Waals surface area contributed by atoms with Crippen molar-refractivity contribution in [2.45, 2.75) is 6.92 Å². The van der Waals surface area contributed by atoms with Crippen molar-refractivity contribution in [2.75, 3.05) is 5.73 Å². The first-order valence-corrected chi connectivity index (χ1v) is 6.13. The Labute approximate surface area is 114 Å². The van der Waals surface area contributed by atoms with Gasteiger partial charge >= 0.3 is 0 Å². The van der Waals surface area contributed by atoms with Crippen LogP contribution in [0.2, 0.25) is 0 Å². The van der Waals surface area contributed by atoms with Gasteiger partial charge in [-0.3, -0.25) is 0 Å². The summed E-state index contributed by atoms with van der Waals surface area (Å²) in [5.74, 6) is 1.24. The normalized spacial score (nSPS) is 9.83. The van der Waals surface area contributed by atoms with Gasteiger partial charge in [0.2, 0.25) is 0 Å². The van der Waals surface area contributed by atoms with Crippen molar-refractivity contribution in [1.29, 1.82) is 5.26 Å². The number of hydrogen-bond acceptors (Lipinski definition) is 3. The molecule has 4 heteroatoms. The van der Waals surface area contributed by atoms with E-state index in [4.69, 9.17) is 15.7 Å². The monoisotopic (exact) mass is 302 g/mol. The molecule has 0 spiro atoms. The van der Waals surface area contributed by atoms with E-state index in [0.717, 1.165) is 10.0 Å². The summed E-state index contributed by atoms with van der Waals surface area (Å²) in [5.41, 5.74) is 8.11. The summed E-state index contributed by atoms with van der Waals surface area (Å²) in [7, 11) is 0. The molecule has 0 heterocycles. The molecule has 0 amide bonds. The van der Waals surface area contributed by atoms with Crippen LogP contribution in [0.25, 0.3) is 0 Å². The van der Waals surface area contributed by atoms with Gasteiger partial charge < -0.3 is 10.5 Å². The molecule has 0 fully saturated rings. The summed E-state index contributed by atoms with van der Waals surface area (Å²) >= 11 is 3.37. The Morgan fingerprint density at radius 3 is 2.67 bits per heavy atom. The van der Waals surface area contributed by atoms with Gasteiger partial charge in [-0.05, 0) is 52.7 Å². The molecule has 2 rings (SSSR count). The van der Waals surface area contributed by atoms with Gasteiger partial charge in [0.15, 0.2) is 5.75 Å². The van der Waals surface area contributed by atoms with Crippen molar-refractivity contribution < 1.29 is 4.74 Å². The average molecular weight is 303 g/mol. The molecule has 0 aliphatic rings. The molecule has 2 aromatic rings. The van der Waals surface area contributed by atoms with E-state index >= 15 is 0 Å². The van der Waals surface area contributed by atoms with Crippen molar-refractivity contribution in [3.8, 4) is 17.6 Å². The second-order valence-corrected chi connectivity index (χ2v) is 4.70. The maximum absolute atomic E-state index is 8.79. The van der Waals surface area contributed by atoms with Crippen molar-refractivity contribution in [3.63, 3.8) is 0 Å². The van der Waals surface area contributed by atoms with E-state index in [1.165, 1.54) is 0 Å². The molecule has 0 radical (unpaired) electrons. The molecule has 0 aliphatic carbocycles. The maximum Gasteiger partial charge on any atom is 0.150 e. The lowest BCUT2D eigenvalue weighted by atomic mass is 10.2. The lowest BCUT2D eigenvalue weighted by molar-refractivity contribution is 0.481. The Balaban J connectivity index is 2.35. The fourth-order valence-corrected chi connectivity index (χ4v) is 1.97. The molecular formula is C14H11BrN2O. The Morgan fingerprint density at radius 2 is 2.00 bits per heavy atom. The molecule has 0 aromatic heterocycles. The lowest BCUT2D eigenvalue weighted by Gasteiger charge is -2.11. The minimum Gasteiger partial charge on any atom is -0.454 e. The zero-order valence-corrected chi connectivity index (χ0v) is 11.4. The minimum absolute atomic E-state index is 0.575. The van der Waals surface area contributed by atoms with Crippen LogP contribution in [0.4, 0.5) is 5.69 Å². The van der Waals surface area contributed by atoms with Gasteiger partial charge in [-0.2, -0.15) is 5.26 Å². The highest BCUT2D eigenvalue weighted by Gasteiger charge is 2.07. The summed E-state index contributed by atoms with van der Waals surface area (Å²) < 4.78 is 6.46. The highest BCUT2D eigenvalue weighted by Crippen LogP contribution is 2.34. The predicted molar refractivity (Wildman–Crippen MR) is 74.5 cm³/mol. The standard InChI is InChI=1S/C14H11BrN2O/c1-9-3-2-4-13(14(9)17)18-12-6-5-10(8-16)7-11(12)15/h2-7H,17H2,1H3. The molecule has 0 saturated carbocycles. The van der Waals surface area contributed by atoms with Gasteiger partial charge in [-0.25, -0.2) is 0 Å². The summed E-state index contributed by atoms with van der Waals surface area (Å²) in [6, 6.07) is 12.8. The van der Waals surface area contributed by atoms with E-state index in [1.54, 1.807) is 18.2 Å². The second-order valence-electron chi connectivity index (χ2n) is 3.85. The van der Waals surface area contributed by atoms with E-state index in [9.17, 15) is 0 Å². The van der Waals surface area contributed by atoms with Crippen molar-refractivity contribution >= 4 is 21.6 Å². The highest BCUT2D eigenvalue weighted by molar-refractivity contribution is 9.10. The van der Waals surface area contributed by atoms with Crippen LogP contribution in [0.15, 0.2) is 40.9 Å². The number of para-hydroxylation sites is 1. The van der Waals surface area contributed by atoms with Gasteiger partial charge in [-0.1, -0.05) is 12.1 Å². The number of halogens is 1. The average Bonchev–Trinajstić information content (AvgIpc) is 2.37. The van der Waals surface area contributed by atoms with Gasteiger partial charge in [0.25, 0.3) is 0 Å². The van der Waals surface area contributed by atoms with Crippen molar-refractivity contribution in [2.24, 2.45) is 0 Å². The summed E-state index contributed by atoms with van der Waals surface area (Å²) in [4.78, 5) is 0. The lowest BCUT2D eigenvalue weighted by Crippen LogP contribution is -1.95. The Bertz CT molecular complexity index is 632. The molecule has 0 aliphatic heterocycles. The molecule has 0 saturated heterocycles. The van der Waals surface area contributed by atoms with Gasteiger partial charge in [0.1, 0.15) is 5.75 Å². The first kappa shape index (κ1) is 12.5. The molecular weight excluding hydrogens is 292 g/mol. The van der Waals surface area contributed by atoms with E-state index in [-0.39, 0.29) is 0 Å². The number of ether oxygens (including phenoxy) is 1. The van der Waals surface area contributed by atoms with Crippen LogP contribution < -0.4 is 10.5 Å². The number of nitrogen functional groups attached to an aromatic ring is 1. The molecule has 0 unspecified atom stereocenters. The molecule has 0 atom stereocenters. The molecule has 2 N–H and O–H groups in total. The number of benzene rings is 2. The number of nitriles is 1. The second kappa shape index (κ2) is 5.11. The number of nitrogens with two attached hydrogens (primary N) is 1. The molecule has 90 valence electrons. The third-order valence-corrected chi connectivity index (χ3v) is 3.18. The molecule has 3 nitrogen and oxygen atoms in total. The quantitative estimate of drug-likeness (QED) is 0.853. The highest BCUT2D eigenvalue weighted by atomic mass is 79.9. The number of anilines is 1. The van der Waals surface area contributed by atoms with Crippen LogP contribution in [0, 0.1) is 18.3 Å². The van der Waals surface area contributed by atoms with Crippen LogP contribution in [-0.2, 0) is 0 Å². The van der Waals surface area contributed by atoms with Crippen LogP contribution in [0.5, 0.6) is 11.5 Å². The summed E-state index contributed by atoms with van der Waals surface area (Å²) in [6.45, 7) is 1.93. The zero-order chi connectivity index (χ0) is 13.1. The van der Waals surface area contributed by atoms with E-state index in [1.807, 2.05) is 25.1 Å². The number of rotatable bonds is 2. The van der Waals surface area contributed by atoms with Crippen LogP contribution in [0.1, 0.15) is 11.1 Å². The van der Waals surface area contributed by atoms with E-state index in [2.05, 4.69) is 22.0 Å². The largest absolute Gasteiger partial charge is 0.454 e. The van der Waals surface area contributed by atoms with Gasteiger partial charge in [-0.15, -0.1) is 0 Å². The summed E-state index contributed by atoms with van der Waals surface area (Å²) in [5, 5.41) is 8.79.